The molecule has 0 aliphatic heterocycles. The summed E-state index contributed by atoms with van der Waals surface area (Å²) >= 11 is 0. The van der Waals surface area contributed by atoms with E-state index in [1.807, 2.05) is 0 Å². The highest BCUT2D eigenvalue weighted by molar-refractivity contribution is 5.97. The van der Waals surface area contributed by atoms with Crippen molar-refractivity contribution in [1.29, 1.82) is 0 Å². The molecule has 0 aromatic carbocycles. The van der Waals surface area contributed by atoms with E-state index in [1.54, 1.807) is 12.3 Å². The molecule has 1 atom stereocenters. The van der Waals surface area contributed by atoms with Gasteiger partial charge in [-0.3, -0.25) is 0 Å². The fourth-order valence-electron chi connectivity index (χ4n) is 1.78. The Hall–Kier alpha value is -1.82. The van der Waals surface area contributed by atoms with Crippen LogP contribution in [0.25, 0.3) is 0 Å². The number of anilines is 2. The van der Waals surface area contributed by atoms with Crippen molar-refractivity contribution >= 4 is 17.5 Å². The molecule has 0 radical (unpaired) electrons. The van der Waals surface area contributed by atoms with Crippen LogP contribution in [0.4, 0.5) is 11.5 Å². The fourth-order valence-corrected chi connectivity index (χ4v) is 1.78. The van der Waals surface area contributed by atoms with Crippen LogP contribution in [0.1, 0.15) is 30.6 Å². The second-order valence-electron chi connectivity index (χ2n) is 4.78. The van der Waals surface area contributed by atoms with E-state index >= 15 is 0 Å². The van der Waals surface area contributed by atoms with Crippen LogP contribution in [0.2, 0.25) is 0 Å². The Morgan fingerprint density at radius 1 is 1.60 bits per heavy atom. The zero-order valence-corrected chi connectivity index (χ0v) is 12.6. The Kier molecular flexibility index (Phi) is 6.24. The standard InChI is InChI=1S/C14H24N4O2/c1-5-10(2)18(3)9-8-17-13-12(15)11(6-7-16-13)14(19)20-4/h6-7,10H,5,8-9,15H2,1-4H3,(H,16,17). The molecule has 0 saturated carbocycles. The first-order chi connectivity index (χ1) is 9.51. The van der Waals surface area contributed by atoms with Crippen LogP contribution >= 0.6 is 0 Å². The van der Waals surface area contributed by atoms with Crippen molar-refractivity contribution < 1.29 is 9.53 Å². The highest BCUT2D eigenvalue weighted by Gasteiger charge is 2.14. The van der Waals surface area contributed by atoms with Crippen LogP contribution < -0.4 is 11.1 Å². The zero-order valence-electron chi connectivity index (χ0n) is 12.6. The third kappa shape index (κ3) is 4.09. The van der Waals surface area contributed by atoms with Gasteiger partial charge >= 0.3 is 5.97 Å². The molecule has 112 valence electrons. The van der Waals surface area contributed by atoms with E-state index in [1.165, 1.54) is 7.11 Å². The van der Waals surface area contributed by atoms with Gasteiger partial charge in [0.2, 0.25) is 0 Å². The minimum atomic E-state index is -0.454. The predicted octanol–water partition coefficient (Wildman–Crippen LogP) is 1.59. The number of nitrogen functional groups attached to an aromatic ring is 1. The lowest BCUT2D eigenvalue weighted by molar-refractivity contribution is 0.0602. The van der Waals surface area contributed by atoms with E-state index in [-0.39, 0.29) is 0 Å². The van der Waals surface area contributed by atoms with Gasteiger partial charge in [0, 0.05) is 25.3 Å². The lowest BCUT2D eigenvalue weighted by Crippen LogP contribution is -2.32. The van der Waals surface area contributed by atoms with Crippen LogP contribution in [0.15, 0.2) is 12.3 Å². The van der Waals surface area contributed by atoms with Gasteiger partial charge in [0.25, 0.3) is 0 Å². The predicted molar refractivity (Wildman–Crippen MR) is 80.9 cm³/mol. The van der Waals surface area contributed by atoms with E-state index in [9.17, 15) is 4.79 Å². The van der Waals surface area contributed by atoms with Gasteiger partial charge in [-0.25, -0.2) is 9.78 Å². The maximum Gasteiger partial charge on any atom is 0.340 e. The average Bonchev–Trinajstić information content (AvgIpc) is 2.47. The lowest BCUT2D eigenvalue weighted by Gasteiger charge is -2.23. The van der Waals surface area contributed by atoms with Crippen LogP contribution in [0.3, 0.4) is 0 Å². The quantitative estimate of drug-likeness (QED) is 0.738. The Labute approximate surface area is 120 Å². The average molecular weight is 280 g/mol. The third-order valence-corrected chi connectivity index (χ3v) is 3.50. The number of rotatable bonds is 7. The Morgan fingerprint density at radius 2 is 2.30 bits per heavy atom. The summed E-state index contributed by atoms with van der Waals surface area (Å²) in [5.74, 6) is 0.0649. The van der Waals surface area contributed by atoms with Crippen molar-refractivity contribution in [2.24, 2.45) is 0 Å². The van der Waals surface area contributed by atoms with Crippen LogP contribution in [0.5, 0.6) is 0 Å². The molecule has 1 unspecified atom stereocenters. The maximum absolute atomic E-state index is 11.5. The van der Waals surface area contributed by atoms with Gasteiger partial charge < -0.3 is 20.7 Å². The molecule has 0 fully saturated rings. The van der Waals surface area contributed by atoms with Crippen molar-refractivity contribution in [2.75, 3.05) is 38.3 Å². The summed E-state index contributed by atoms with van der Waals surface area (Å²) in [4.78, 5) is 17.9. The largest absolute Gasteiger partial charge is 0.465 e. The van der Waals surface area contributed by atoms with Crippen LogP contribution in [-0.4, -0.2) is 49.1 Å². The number of aromatic nitrogens is 1. The number of hydrogen-bond donors (Lipinski definition) is 2. The van der Waals surface area contributed by atoms with Gasteiger partial charge in [-0.05, 0) is 26.5 Å². The first kappa shape index (κ1) is 16.2. The summed E-state index contributed by atoms with van der Waals surface area (Å²) < 4.78 is 4.68. The van der Waals surface area contributed by atoms with Crippen LogP contribution in [0, 0.1) is 0 Å². The number of nitrogens with one attached hydrogen (secondary N) is 1. The number of esters is 1. The zero-order chi connectivity index (χ0) is 15.1. The molecule has 3 N–H and O–H groups in total. The number of methoxy groups -OCH3 is 1. The summed E-state index contributed by atoms with van der Waals surface area (Å²) in [6.07, 6.45) is 2.65. The smallest absolute Gasteiger partial charge is 0.340 e. The summed E-state index contributed by atoms with van der Waals surface area (Å²) in [5.41, 5.74) is 6.58. The van der Waals surface area contributed by atoms with Gasteiger partial charge in [0.15, 0.2) is 0 Å². The van der Waals surface area contributed by atoms with Gasteiger partial charge in [-0.2, -0.15) is 0 Å². The van der Waals surface area contributed by atoms with Crippen molar-refractivity contribution in [1.82, 2.24) is 9.88 Å². The second kappa shape index (κ2) is 7.69. The van der Waals surface area contributed by atoms with Gasteiger partial charge in [-0.15, -0.1) is 0 Å². The summed E-state index contributed by atoms with van der Waals surface area (Å²) in [5, 5.41) is 3.16. The topological polar surface area (TPSA) is 80.5 Å². The number of nitrogens with two attached hydrogens (primary N) is 1. The molecule has 0 saturated heterocycles. The van der Waals surface area contributed by atoms with E-state index in [2.05, 4.69) is 40.8 Å². The molecule has 0 bridgehead atoms. The molecule has 6 heteroatoms. The van der Waals surface area contributed by atoms with Crippen LogP contribution in [-0.2, 0) is 4.74 Å². The van der Waals surface area contributed by atoms with Crippen molar-refractivity contribution in [3.05, 3.63) is 17.8 Å². The summed E-state index contributed by atoms with van der Waals surface area (Å²) in [7, 11) is 3.41. The first-order valence-corrected chi connectivity index (χ1v) is 6.78. The molecular weight excluding hydrogens is 256 g/mol. The lowest BCUT2D eigenvalue weighted by atomic mass is 10.2. The normalized spacial score (nSPS) is 12.2. The number of nitrogens with zero attached hydrogens (tertiary/aromatic N) is 2. The molecule has 0 spiro atoms. The van der Waals surface area contributed by atoms with E-state index in [0.29, 0.717) is 29.7 Å². The molecule has 1 aromatic heterocycles. The van der Waals surface area contributed by atoms with E-state index in [4.69, 9.17) is 5.73 Å². The van der Waals surface area contributed by atoms with E-state index < -0.39 is 5.97 Å². The number of likely N-dealkylation sites (N-methyl/N-ethyl adjacent to an activating group) is 1. The highest BCUT2D eigenvalue weighted by Crippen LogP contribution is 2.20. The molecule has 0 aliphatic carbocycles. The fraction of sp³-hybridized carbons (Fsp3) is 0.571. The van der Waals surface area contributed by atoms with Gasteiger partial charge in [0.1, 0.15) is 5.82 Å². The number of hydrogen-bond acceptors (Lipinski definition) is 6. The molecule has 20 heavy (non-hydrogen) atoms. The number of carbonyl (C=O) groups is 1. The van der Waals surface area contributed by atoms with Crippen molar-refractivity contribution in [2.45, 2.75) is 26.3 Å². The summed E-state index contributed by atoms with van der Waals surface area (Å²) in [6, 6.07) is 2.08. The Bertz CT molecular complexity index is 451. The second-order valence-corrected chi connectivity index (χ2v) is 4.78. The minimum Gasteiger partial charge on any atom is -0.465 e. The Morgan fingerprint density at radius 3 is 2.90 bits per heavy atom. The molecule has 6 nitrogen and oxygen atoms in total. The molecule has 0 amide bonds. The monoisotopic (exact) mass is 280 g/mol. The third-order valence-electron chi connectivity index (χ3n) is 3.50. The number of carbonyl (C=O) groups excluding carboxylic acids is 1. The molecule has 0 aliphatic rings. The number of ether oxygens (including phenoxy) is 1. The molecule has 1 rings (SSSR count). The van der Waals surface area contributed by atoms with Crippen molar-refractivity contribution in [3.63, 3.8) is 0 Å². The minimum absolute atomic E-state index is 0.325. The highest BCUT2D eigenvalue weighted by atomic mass is 16.5. The van der Waals surface area contributed by atoms with E-state index in [0.717, 1.165) is 13.0 Å². The molecule has 1 aromatic rings. The maximum atomic E-state index is 11.5. The molecular formula is C14H24N4O2. The molecule has 1 heterocycles. The Balaban J connectivity index is 2.63. The number of pyridine rings is 1. The summed E-state index contributed by atoms with van der Waals surface area (Å²) in [6.45, 7) is 5.93. The SMILES string of the molecule is CCC(C)N(C)CCNc1nccc(C(=O)OC)c1N. The van der Waals surface area contributed by atoms with Gasteiger partial charge in [-0.1, -0.05) is 6.92 Å². The first-order valence-electron chi connectivity index (χ1n) is 6.78. The van der Waals surface area contributed by atoms with Crippen molar-refractivity contribution in [3.8, 4) is 0 Å². The van der Waals surface area contributed by atoms with Gasteiger partial charge in [0.05, 0.1) is 18.4 Å².